The molecular weight excluding hydrogens is 266 g/mol. The molecule has 1 N–H and O–H groups in total. The molecule has 5 nitrogen and oxygen atoms in total. The number of ether oxygens (including phenoxy) is 1. The van der Waals surface area contributed by atoms with Crippen LogP contribution in [0.2, 0.25) is 0 Å². The molecular formula is C16H19N3O2. The second-order valence-corrected chi connectivity index (χ2v) is 5.18. The number of para-hydroxylation sites is 1. The molecule has 3 rings (SSSR count). The van der Waals surface area contributed by atoms with E-state index in [1.165, 1.54) is 0 Å². The topological polar surface area (TPSA) is 56.1 Å². The van der Waals surface area contributed by atoms with E-state index in [0.29, 0.717) is 12.6 Å². The molecule has 21 heavy (non-hydrogen) atoms. The Bertz CT molecular complexity index is 605. The number of hydrogen-bond donors (Lipinski definition) is 1. The lowest BCUT2D eigenvalue weighted by molar-refractivity contribution is -0.145. The molecule has 1 aromatic heterocycles. The van der Waals surface area contributed by atoms with Crippen LogP contribution in [0, 0.1) is 0 Å². The molecule has 1 aliphatic rings. The van der Waals surface area contributed by atoms with Crippen LogP contribution in [0.15, 0.2) is 42.7 Å². The van der Waals surface area contributed by atoms with Crippen molar-refractivity contribution in [1.82, 2.24) is 15.1 Å². The second kappa shape index (κ2) is 6.10. The number of benzene rings is 1. The average molecular weight is 285 g/mol. The Morgan fingerprint density at radius 3 is 2.86 bits per heavy atom. The van der Waals surface area contributed by atoms with Gasteiger partial charge >= 0.3 is 5.97 Å². The Kier molecular flexibility index (Phi) is 4.01. The predicted molar refractivity (Wildman–Crippen MR) is 79.1 cm³/mol. The molecule has 1 aromatic carbocycles. The fourth-order valence-electron chi connectivity index (χ4n) is 2.22. The first-order chi connectivity index (χ1) is 10.3. The number of nitrogens with one attached hydrogen (secondary N) is 1. The maximum Gasteiger partial charge on any atom is 0.327 e. The van der Waals surface area contributed by atoms with Crippen LogP contribution in [-0.2, 0) is 9.53 Å². The van der Waals surface area contributed by atoms with Crippen molar-refractivity contribution in [2.75, 3.05) is 6.61 Å². The summed E-state index contributed by atoms with van der Waals surface area (Å²) in [7, 11) is 0. The van der Waals surface area contributed by atoms with Gasteiger partial charge in [0, 0.05) is 17.8 Å². The van der Waals surface area contributed by atoms with Gasteiger partial charge in [0.05, 0.1) is 18.5 Å². The second-order valence-electron chi connectivity index (χ2n) is 5.18. The lowest BCUT2D eigenvalue weighted by Crippen LogP contribution is -2.31. The fourth-order valence-corrected chi connectivity index (χ4v) is 2.22. The van der Waals surface area contributed by atoms with Gasteiger partial charge in [-0.05, 0) is 31.9 Å². The predicted octanol–water partition coefficient (Wildman–Crippen LogP) is 2.23. The molecule has 0 bridgehead atoms. The monoisotopic (exact) mass is 285 g/mol. The lowest BCUT2D eigenvalue weighted by Gasteiger charge is -2.15. The molecule has 0 saturated heterocycles. The van der Waals surface area contributed by atoms with Crippen molar-refractivity contribution in [3.05, 3.63) is 48.3 Å². The van der Waals surface area contributed by atoms with E-state index in [4.69, 9.17) is 4.74 Å². The Hall–Kier alpha value is -2.14. The highest BCUT2D eigenvalue weighted by Gasteiger charge is 2.31. The van der Waals surface area contributed by atoms with Crippen LogP contribution in [0.5, 0.6) is 0 Å². The first-order valence-electron chi connectivity index (χ1n) is 7.30. The lowest BCUT2D eigenvalue weighted by atomic mass is 10.1. The minimum atomic E-state index is -0.435. The third-order valence-corrected chi connectivity index (χ3v) is 3.46. The van der Waals surface area contributed by atoms with E-state index in [0.717, 1.165) is 24.1 Å². The number of esters is 1. The summed E-state index contributed by atoms with van der Waals surface area (Å²) in [4.78, 5) is 12.1. The van der Waals surface area contributed by atoms with E-state index in [9.17, 15) is 4.79 Å². The van der Waals surface area contributed by atoms with Crippen LogP contribution in [0.3, 0.4) is 0 Å². The van der Waals surface area contributed by atoms with Crippen molar-refractivity contribution in [2.45, 2.75) is 31.8 Å². The van der Waals surface area contributed by atoms with Gasteiger partial charge in [0.15, 0.2) is 0 Å². The zero-order valence-corrected chi connectivity index (χ0v) is 12.0. The smallest absolute Gasteiger partial charge is 0.327 e. The number of rotatable bonds is 6. The van der Waals surface area contributed by atoms with Gasteiger partial charge in [-0.25, -0.2) is 9.48 Å². The van der Waals surface area contributed by atoms with Crippen LogP contribution in [-0.4, -0.2) is 28.4 Å². The largest absolute Gasteiger partial charge is 0.465 e. The maximum atomic E-state index is 12.1. The molecule has 1 aliphatic carbocycles. The molecule has 5 heteroatoms. The Morgan fingerprint density at radius 2 is 2.19 bits per heavy atom. The van der Waals surface area contributed by atoms with Crippen LogP contribution < -0.4 is 5.32 Å². The minimum Gasteiger partial charge on any atom is -0.465 e. The van der Waals surface area contributed by atoms with Gasteiger partial charge in [0.25, 0.3) is 0 Å². The van der Waals surface area contributed by atoms with Gasteiger partial charge in [-0.15, -0.1) is 0 Å². The van der Waals surface area contributed by atoms with Crippen molar-refractivity contribution >= 4 is 5.97 Å². The van der Waals surface area contributed by atoms with Crippen LogP contribution >= 0.6 is 0 Å². The number of carbonyl (C=O) groups is 1. The van der Waals surface area contributed by atoms with Crippen molar-refractivity contribution < 1.29 is 9.53 Å². The number of carbonyl (C=O) groups excluding carboxylic acids is 1. The third-order valence-electron chi connectivity index (χ3n) is 3.46. The van der Waals surface area contributed by atoms with Gasteiger partial charge in [0.1, 0.15) is 6.04 Å². The normalized spacial score (nSPS) is 15.7. The van der Waals surface area contributed by atoms with Gasteiger partial charge in [-0.1, -0.05) is 18.2 Å². The standard InChI is InChI=1S/C16H19N3O2/c1-2-21-16(20)15(18-13-8-9-13)12-10-17-19(11-12)14-6-4-3-5-7-14/h3-7,10-11,13,15,18H,2,8-9H2,1H3. The number of nitrogens with zero attached hydrogens (tertiary/aromatic N) is 2. The summed E-state index contributed by atoms with van der Waals surface area (Å²) in [5.74, 6) is -0.239. The molecule has 1 fully saturated rings. The van der Waals surface area contributed by atoms with Crippen LogP contribution in [0.4, 0.5) is 0 Å². The molecule has 110 valence electrons. The SMILES string of the molecule is CCOC(=O)C(NC1CC1)c1cnn(-c2ccccc2)c1. The van der Waals surface area contributed by atoms with Crippen molar-refractivity contribution in [2.24, 2.45) is 0 Å². The molecule has 1 unspecified atom stereocenters. The molecule has 1 saturated carbocycles. The number of hydrogen-bond acceptors (Lipinski definition) is 4. The van der Waals surface area contributed by atoms with E-state index in [2.05, 4.69) is 10.4 Å². The molecule has 0 amide bonds. The quantitative estimate of drug-likeness (QED) is 0.827. The van der Waals surface area contributed by atoms with Gasteiger partial charge in [0.2, 0.25) is 0 Å². The van der Waals surface area contributed by atoms with Gasteiger partial charge < -0.3 is 4.74 Å². The first-order valence-corrected chi connectivity index (χ1v) is 7.30. The average Bonchev–Trinajstić information content (AvgIpc) is 3.20. The summed E-state index contributed by atoms with van der Waals surface area (Å²) in [6, 6.07) is 9.82. The van der Waals surface area contributed by atoms with E-state index in [1.807, 2.05) is 43.5 Å². The fraction of sp³-hybridized carbons (Fsp3) is 0.375. The highest BCUT2D eigenvalue weighted by molar-refractivity contribution is 5.77. The van der Waals surface area contributed by atoms with Crippen LogP contribution in [0.1, 0.15) is 31.4 Å². The molecule has 2 aromatic rings. The number of aromatic nitrogens is 2. The molecule has 0 aliphatic heterocycles. The Labute approximate surface area is 123 Å². The van der Waals surface area contributed by atoms with E-state index in [1.54, 1.807) is 10.9 Å². The first kappa shape index (κ1) is 13.8. The highest BCUT2D eigenvalue weighted by atomic mass is 16.5. The highest BCUT2D eigenvalue weighted by Crippen LogP contribution is 2.25. The van der Waals surface area contributed by atoms with E-state index < -0.39 is 6.04 Å². The third kappa shape index (κ3) is 3.31. The minimum absolute atomic E-state index is 0.239. The van der Waals surface area contributed by atoms with Crippen molar-refractivity contribution in [3.63, 3.8) is 0 Å². The zero-order chi connectivity index (χ0) is 14.7. The summed E-state index contributed by atoms with van der Waals surface area (Å²) >= 11 is 0. The Balaban J connectivity index is 1.82. The maximum absolute atomic E-state index is 12.1. The summed E-state index contributed by atoms with van der Waals surface area (Å²) in [6.45, 7) is 2.20. The van der Waals surface area contributed by atoms with Crippen LogP contribution in [0.25, 0.3) is 5.69 Å². The Morgan fingerprint density at radius 1 is 1.43 bits per heavy atom. The van der Waals surface area contributed by atoms with Gasteiger partial charge in [-0.2, -0.15) is 5.10 Å². The van der Waals surface area contributed by atoms with Crippen molar-refractivity contribution in [3.8, 4) is 5.69 Å². The molecule has 1 atom stereocenters. The van der Waals surface area contributed by atoms with E-state index >= 15 is 0 Å². The van der Waals surface area contributed by atoms with Gasteiger partial charge in [-0.3, -0.25) is 5.32 Å². The molecule has 0 radical (unpaired) electrons. The molecule has 1 heterocycles. The summed E-state index contributed by atoms with van der Waals surface area (Å²) in [5, 5.41) is 7.68. The summed E-state index contributed by atoms with van der Waals surface area (Å²) in [5.41, 5.74) is 1.81. The zero-order valence-electron chi connectivity index (χ0n) is 12.0. The van der Waals surface area contributed by atoms with Crippen molar-refractivity contribution in [1.29, 1.82) is 0 Å². The summed E-state index contributed by atoms with van der Waals surface area (Å²) in [6.07, 6.45) is 5.84. The van der Waals surface area contributed by atoms with E-state index in [-0.39, 0.29) is 5.97 Å². The summed E-state index contributed by atoms with van der Waals surface area (Å²) < 4.78 is 6.94. The molecule has 0 spiro atoms.